The number of rotatable bonds is 0. The fourth-order valence-corrected chi connectivity index (χ4v) is 1.06. The summed E-state index contributed by atoms with van der Waals surface area (Å²) in [5.74, 6) is 0. The molecular formula is C13H16. The highest BCUT2D eigenvalue weighted by molar-refractivity contribution is 5.13. The van der Waals surface area contributed by atoms with Gasteiger partial charge in [-0.15, -0.1) is 0 Å². The number of allylic oxidation sites excluding steroid dienone is 10. The van der Waals surface area contributed by atoms with E-state index < -0.39 is 0 Å². The third-order valence-electron chi connectivity index (χ3n) is 1.76. The SMILES string of the molecule is C1=C/C=C\CC/C=C\C=C\CC=C1. The Labute approximate surface area is 80.7 Å². The summed E-state index contributed by atoms with van der Waals surface area (Å²) in [5, 5.41) is 0. The molecular weight excluding hydrogens is 156 g/mol. The highest BCUT2D eigenvalue weighted by atomic mass is 13.8. The van der Waals surface area contributed by atoms with Crippen LogP contribution in [-0.4, -0.2) is 0 Å². The third-order valence-corrected chi connectivity index (χ3v) is 1.76. The maximum atomic E-state index is 2.20. The molecule has 1 rings (SSSR count). The quantitative estimate of drug-likeness (QED) is 0.519. The highest BCUT2D eigenvalue weighted by Crippen LogP contribution is 1.96. The molecule has 0 aliphatic heterocycles. The molecule has 0 bridgehead atoms. The minimum absolute atomic E-state index is 1.01. The molecule has 0 saturated heterocycles. The zero-order valence-corrected chi connectivity index (χ0v) is 7.89. The van der Waals surface area contributed by atoms with Crippen molar-refractivity contribution in [3.05, 3.63) is 60.8 Å². The molecule has 1 aliphatic rings. The summed E-state index contributed by atoms with van der Waals surface area (Å²) in [7, 11) is 0. The summed E-state index contributed by atoms with van der Waals surface area (Å²) in [6.45, 7) is 0. The van der Waals surface area contributed by atoms with E-state index in [4.69, 9.17) is 0 Å². The van der Waals surface area contributed by atoms with Crippen LogP contribution in [-0.2, 0) is 0 Å². The van der Waals surface area contributed by atoms with E-state index in [0.717, 1.165) is 19.3 Å². The number of hydrogen-bond donors (Lipinski definition) is 0. The molecule has 0 nitrogen and oxygen atoms in total. The van der Waals surface area contributed by atoms with Gasteiger partial charge in [-0.3, -0.25) is 0 Å². The standard InChI is InChI=1S/C13H16/c1-2-4-6-8-10-12-13-11-9-7-5-3-1/h1-6,9,11-13H,7-8,10H2/b2-1?,5-3?,6-4-,11-9+,13-12-. The van der Waals surface area contributed by atoms with E-state index in [1.807, 2.05) is 0 Å². The summed E-state index contributed by atoms with van der Waals surface area (Å²) in [5.41, 5.74) is 0. The largest absolute Gasteiger partial charge is 0.0842 e. The summed E-state index contributed by atoms with van der Waals surface area (Å²) in [6, 6.07) is 0. The Balaban J connectivity index is 2.49. The van der Waals surface area contributed by atoms with Gasteiger partial charge in [-0.05, 0) is 19.3 Å². The van der Waals surface area contributed by atoms with Crippen LogP contribution < -0.4 is 0 Å². The van der Waals surface area contributed by atoms with Crippen molar-refractivity contribution in [3.8, 4) is 0 Å². The Hall–Kier alpha value is -1.30. The molecule has 0 heteroatoms. The van der Waals surface area contributed by atoms with Gasteiger partial charge in [-0.2, -0.15) is 0 Å². The second-order valence-electron chi connectivity index (χ2n) is 2.91. The summed E-state index contributed by atoms with van der Waals surface area (Å²) in [4.78, 5) is 0. The van der Waals surface area contributed by atoms with Gasteiger partial charge >= 0.3 is 0 Å². The van der Waals surface area contributed by atoms with E-state index in [1.54, 1.807) is 0 Å². The van der Waals surface area contributed by atoms with Crippen molar-refractivity contribution in [2.75, 3.05) is 0 Å². The van der Waals surface area contributed by atoms with E-state index in [1.165, 1.54) is 0 Å². The Morgan fingerprint density at radius 3 is 1.62 bits per heavy atom. The van der Waals surface area contributed by atoms with E-state index in [-0.39, 0.29) is 0 Å². The van der Waals surface area contributed by atoms with Crippen molar-refractivity contribution in [2.45, 2.75) is 19.3 Å². The molecule has 0 saturated carbocycles. The van der Waals surface area contributed by atoms with Gasteiger partial charge in [0.1, 0.15) is 0 Å². The average Bonchev–Trinajstić information content (AvgIpc) is 2.18. The first kappa shape index (κ1) is 9.79. The van der Waals surface area contributed by atoms with Gasteiger partial charge < -0.3 is 0 Å². The molecule has 0 fully saturated rings. The minimum Gasteiger partial charge on any atom is -0.0842 e. The molecule has 1 aliphatic carbocycles. The van der Waals surface area contributed by atoms with Crippen molar-refractivity contribution >= 4 is 0 Å². The fourth-order valence-electron chi connectivity index (χ4n) is 1.06. The number of hydrogen-bond acceptors (Lipinski definition) is 0. The Bertz CT molecular complexity index is 249. The van der Waals surface area contributed by atoms with Crippen LogP contribution in [0.25, 0.3) is 0 Å². The zero-order valence-electron chi connectivity index (χ0n) is 7.89. The van der Waals surface area contributed by atoms with Gasteiger partial charge in [0, 0.05) is 0 Å². The molecule has 0 aromatic rings. The lowest BCUT2D eigenvalue weighted by Crippen LogP contribution is -1.62. The van der Waals surface area contributed by atoms with Crippen LogP contribution in [0.2, 0.25) is 0 Å². The fraction of sp³-hybridized carbons (Fsp3) is 0.231. The molecule has 0 aromatic heterocycles. The van der Waals surface area contributed by atoms with Crippen molar-refractivity contribution in [1.82, 2.24) is 0 Å². The highest BCUT2D eigenvalue weighted by Gasteiger charge is 1.75. The van der Waals surface area contributed by atoms with Crippen molar-refractivity contribution < 1.29 is 0 Å². The molecule has 0 radical (unpaired) electrons. The molecule has 0 aromatic carbocycles. The molecule has 0 amide bonds. The lowest BCUT2D eigenvalue weighted by atomic mass is 10.2. The Kier molecular flexibility index (Phi) is 5.54. The smallest absolute Gasteiger partial charge is 0.0163 e. The normalized spacial score (nSPS) is 25.2. The van der Waals surface area contributed by atoms with Gasteiger partial charge in [-0.1, -0.05) is 60.8 Å². The minimum atomic E-state index is 1.01. The monoisotopic (exact) mass is 172 g/mol. The first-order chi connectivity index (χ1) is 6.50. The summed E-state index contributed by atoms with van der Waals surface area (Å²) < 4.78 is 0. The molecule has 0 atom stereocenters. The molecule has 13 heavy (non-hydrogen) atoms. The Morgan fingerprint density at radius 1 is 0.462 bits per heavy atom. The van der Waals surface area contributed by atoms with Crippen LogP contribution in [0.4, 0.5) is 0 Å². The van der Waals surface area contributed by atoms with Gasteiger partial charge in [0.05, 0.1) is 0 Å². The van der Waals surface area contributed by atoms with Crippen molar-refractivity contribution in [3.63, 3.8) is 0 Å². The molecule has 68 valence electrons. The average molecular weight is 172 g/mol. The molecule has 0 spiro atoms. The lowest BCUT2D eigenvalue weighted by Gasteiger charge is -1.83. The zero-order chi connectivity index (χ0) is 9.19. The first-order valence-electron chi connectivity index (χ1n) is 4.80. The van der Waals surface area contributed by atoms with Crippen molar-refractivity contribution in [1.29, 1.82) is 0 Å². The molecule has 0 N–H and O–H groups in total. The van der Waals surface area contributed by atoms with E-state index >= 15 is 0 Å². The predicted molar refractivity (Wildman–Crippen MR) is 59.6 cm³/mol. The van der Waals surface area contributed by atoms with Gasteiger partial charge in [-0.25, -0.2) is 0 Å². The summed E-state index contributed by atoms with van der Waals surface area (Å²) >= 11 is 0. The van der Waals surface area contributed by atoms with Crippen LogP contribution in [0.1, 0.15) is 19.3 Å². The first-order valence-corrected chi connectivity index (χ1v) is 4.80. The Morgan fingerprint density at radius 2 is 0.923 bits per heavy atom. The molecule has 0 heterocycles. The van der Waals surface area contributed by atoms with Crippen LogP contribution >= 0.6 is 0 Å². The lowest BCUT2D eigenvalue weighted by molar-refractivity contribution is 1.05. The van der Waals surface area contributed by atoms with Crippen LogP contribution in [0.15, 0.2) is 60.8 Å². The maximum Gasteiger partial charge on any atom is -0.0163 e. The van der Waals surface area contributed by atoms with Gasteiger partial charge in [0.25, 0.3) is 0 Å². The third kappa shape index (κ3) is 5.92. The van der Waals surface area contributed by atoms with Crippen LogP contribution in [0, 0.1) is 0 Å². The second-order valence-corrected chi connectivity index (χ2v) is 2.91. The maximum absolute atomic E-state index is 2.20. The van der Waals surface area contributed by atoms with Crippen molar-refractivity contribution in [2.24, 2.45) is 0 Å². The van der Waals surface area contributed by atoms with Crippen LogP contribution in [0.3, 0.4) is 0 Å². The molecule has 0 unspecified atom stereocenters. The summed E-state index contributed by atoms with van der Waals surface area (Å²) in [6.07, 6.45) is 24.5. The van der Waals surface area contributed by atoms with E-state index in [9.17, 15) is 0 Å². The van der Waals surface area contributed by atoms with Gasteiger partial charge in [0.2, 0.25) is 0 Å². The van der Waals surface area contributed by atoms with E-state index in [0.29, 0.717) is 0 Å². The topological polar surface area (TPSA) is 0 Å². The van der Waals surface area contributed by atoms with Gasteiger partial charge in [0.15, 0.2) is 0 Å². The second kappa shape index (κ2) is 7.35. The van der Waals surface area contributed by atoms with E-state index in [2.05, 4.69) is 60.8 Å². The predicted octanol–water partition coefficient (Wildman–Crippen LogP) is 3.95. The van der Waals surface area contributed by atoms with Crippen LogP contribution in [0.5, 0.6) is 0 Å².